The molecule has 3 aromatic rings. The zero-order chi connectivity index (χ0) is 19.7. The maximum absolute atomic E-state index is 12.3. The van der Waals surface area contributed by atoms with Gasteiger partial charge < -0.3 is 15.1 Å². The molecule has 7 heteroatoms. The summed E-state index contributed by atoms with van der Waals surface area (Å²) in [5.41, 5.74) is 6.12. The Morgan fingerprint density at radius 3 is 2.56 bits per heavy atom. The summed E-state index contributed by atoms with van der Waals surface area (Å²) in [6, 6.07) is 3.98. The van der Waals surface area contributed by atoms with Crippen LogP contribution in [0.4, 0.5) is 5.69 Å². The molecule has 0 unspecified atom stereocenters. The number of fused-ring (bicyclic) bond motifs is 1. The molecule has 0 fully saturated rings. The predicted octanol–water partition coefficient (Wildman–Crippen LogP) is 2.70. The number of nitrogens with zero attached hydrogens (tertiary/aromatic N) is 2. The molecule has 2 N–H and O–H groups in total. The molecule has 0 aliphatic carbocycles. The predicted molar refractivity (Wildman–Crippen MR) is 104 cm³/mol. The number of carbonyl (C=O) groups is 2. The minimum Gasteiger partial charge on any atom is -0.464 e. The summed E-state index contributed by atoms with van der Waals surface area (Å²) in [7, 11) is 1.82. The summed E-state index contributed by atoms with van der Waals surface area (Å²) in [5, 5.41) is 10.6. The third-order valence-corrected chi connectivity index (χ3v) is 4.91. The molecule has 2 heterocycles. The lowest BCUT2D eigenvalue weighted by Gasteiger charge is -2.07. The Morgan fingerprint density at radius 2 is 1.89 bits per heavy atom. The Bertz CT molecular complexity index is 1030. The van der Waals surface area contributed by atoms with Crippen molar-refractivity contribution in [3.8, 4) is 0 Å². The Balaban J connectivity index is 1.60. The van der Waals surface area contributed by atoms with Crippen molar-refractivity contribution in [3.05, 3.63) is 46.5 Å². The highest BCUT2D eigenvalue weighted by Crippen LogP contribution is 2.26. The van der Waals surface area contributed by atoms with Gasteiger partial charge in [0.2, 0.25) is 11.8 Å². The fourth-order valence-corrected chi connectivity index (χ4v) is 3.08. The second kappa shape index (κ2) is 7.26. The van der Waals surface area contributed by atoms with E-state index in [1.807, 2.05) is 46.9 Å². The number of nitrogens with one attached hydrogen (secondary N) is 2. The largest absolute Gasteiger partial charge is 0.464 e. The molecule has 0 saturated carbocycles. The lowest BCUT2D eigenvalue weighted by atomic mass is 10.0. The summed E-state index contributed by atoms with van der Waals surface area (Å²) in [6.07, 6.45) is 1.77. The first kappa shape index (κ1) is 18.7. The van der Waals surface area contributed by atoms with E-state index in [0.29, 0.717) is 5.69 Å². The number of benzene rings is 1. The van der Waals surface area contributed by atoms with Crippen molar-refractivity contribution in [3.63, 3.8) is 0 Å². The minimum absolute atomic E-state index is 0.0967. The molecular weight excluding hydrogens is 344 g/mol. The highest BCUT2D eigenvalue weighted by Gasteiger charge is 2.15. The summed E-state index contributed by atoms with van der Waals surface area (Å²) in [4.78, 5) is 24.4. The van der Waals surface area contributed by atoms with Crippen LogP contribution in [-0.2, 0) is 23.1 Å². The van der Waals surface area contributed by atoms with E-state index in [-0.39, 0.29) is 24.8 Å². The normalized spacial score (nSPS) is 11.0. The first-order chi connectivity index (χ1) is 12.8. The molecule has 2 aromatic heterocycles. The van der Waals surface area contributed by atoms with Gasteiger partial charge in [0.05, 0.1) is 36.3 Å². The van der Waals surface area contributed by atoms with Gasteiger partial charge in [-0.3, -0.25) is 14.3 Å². The summed E-state index contributed by atoms with van der Waals surface area (Å²) < 4.78 is 7.33. The van der Waals surface area contributed by atoms with Crippen LogP contribution in [-0.4, -0.2) is 28.1 Å². The fraction of sp³-hybridized carbons (Fsp3) is 0.350. The number of furan rings is 1. The third kappa shape index (κ3) is 3.72. The number of aromatic nitrogens is 2. The first-order valence-corrected chi connectivity index (χ1v) is 8.81. The van der Waals surface area contributed by atoms with Crippen molar-refractivity contribution in [2.24, 2.45) is 7.05 Å². The van der Waals surface area contributed by atoms with Crippen molar-refractivity contribution >= 4 is 28.5 Å². The van der Waals surface area contributed by atoms with Crippen molar-refractivity contribution < 1.29 is 14.0 Å². The van der Waals surface area contributed by atoms with E-state index < -0.39 is 0 Å². The van der Waals surface area contributed by atoms with E-state index in [4.69, 9.17) is 4.42 Å². The second-order valence-corrected chi connectivity index (χ2v) is 6.82. The second-order valence-electron chi connectivity index (χ2n) is 6.82. The number of carbonyl (C=O) groups excluding carboxylic acids is 2. The van der Waals surface area contributed by atoms with Crippen LogP contribution in [0.15, 0.2) is 22.8 Å². The van der Waals surface area contributed by atoms with Gasteiger partial charge in [0.25, 0.3) is 0 Å². The van der Waals surface area contributed by atoms with Gasteiger partial charge in [0.15, 0.2) is 0 Å². The molecule has 0 radical (unpaired) electrons. The summed E-state index contributed by atoms with van der Waals surface area (Å²) >= 11 is 0. The zero-order valence-electron chi connectivity index (χ0n) is 16.3. The number of aryl methyl sites for hydroxylation is 4. The van der Waals surface area contributed by atoms with Crippen molar-refractivity contribution in [1.82, 2.24) is 15.1 Å². The van der Waals surface area contributed by atoms with Crippen LogP contribution >= 0.6 is 0 Å². The van der Waals surface area contributed by atoms with Crippen LogP contribution in [0.1, 0.15) is 28.1 Å². The topological polar surface area (TPSA) is 89.2 Å². The molecule has 7 nitrogen and oxygen atoms in total. The van der Waals surface area contributed by atoms with Crippen molar-refractivity contribution in [2.75, 3.05) is 11.9 Å². The zero-order valence-corrected chi connectivity index (χ0v) is 16.3. The van der Waals surface area contributed by atoms with Gasteiger partial charge in [-0.15, -0.1) is 0 Å². The SMILES string of the molecule is Cc1ccc2c(CC(=O)NCC(=O)Nc3c(C)nn(C)c3C)coc2c1C. The van der Waals surface area contributed by atoms with Gasteiger partial charge in [0, 0.05) is 18.0 Å². The molecule has 3 rings (SSSR count). The maximum Gasteiger partial charge on any atom is 0.243 e. The summed E-state index contributed by atoms with van der Waals surface area (Å²) in [5.74, 6) is -0.517. The van der Waals surface area contributed by atoms with Crippen LogP contribution in [0.5, 0.6) is 0 Å². The van der Waals surface area contributed by atoms with E-state index in [1.165, 1.54) is 0 Å². The third-order valence-electron chi connectivity index (χ3n) is 4.91. The van der Waals surface area contributed by atoms with Crippen LogP contribution in [0.25, 0.3) is 11.0 Å². The molecule has 2 amide bonds. The van der Waals surface area contributed by atoms with E-state index in [2.05, 4.69) is 15.7 Å². The van der Waals surface area contributed by atoms with Crippen molar-refractivity contribution in [2.45, 2.75) is 34.1 Å². The molecule has 1 aromatic carbocycles. The van der Waals surface area contributed by atoms with Crippen LogP contribution < -0.4 is 10.6 Å². The molecule has 0 atom stereocenters. The standard InChI is InChI=1S/C20H24N4O3/c1-11-6-7-16-15(10-27-20(16)12(11)2)8-17(25)21-9-18(26)22-19-13(3)23-24(5)14(19)4/h6-7,10H,8-9H2,1-5H3,(H,21,25)(H,22,26). The number of rotatable bonds is 5. The quantitative estimate of drug-likeness (QED) is 0.725. The number of hydrogen-bond acceptors (Lipinski definition) is 4. The Hall–Kier alpha value is -3.09. The van der Waals surface area contributed by atoms with Crippen LogP contribution in [0.3, 0.4) is 0 Å². The molecule has 27 heavy (non-hydrogen) atoms. The highest BCUT2D eigenvalue weighted by molar-refractivity contribution is 5.96. The van der Waals surface area contributed by atoms with Crippen LogP contribution in [0.2, 0.25) is 0 Å². The number of amides is 2. The number of hydrogen-bond donors (Lipinski definition) is 2. The molecule has 0 bridgehead atoms. The Labute approximate surface area is 157 Å². The average molecular weight is 368 g/mol. The lowest BCUT2D eigenvalue weighted by molar-refractivity contribution is -0.123. The lowest BCUT2D eigenvalue weighted by Crippen LogP contribution is -2.33. The fourth-order valence-electron chi connectivity index (χ4n) is 3.08. The first-order valence-electron chi connectivity index (χ1n) is 8.81. The van der Waals surface area contributed by atoms with Crippen LogP contribution in [0, 0.1) is 27.7 Å². The molecule has 0 aliphatic rings. The maximum atomic E-state index is 12.3. The molecule has 0 spiro atoms. The van der Waals surface area contributed by atoms with Gasteiger partial charge in [-0.1, -0.05) is 12.1 Å². The monoisotopic (exact) mass is 368 g/mol. The molecule has 0 saturated heterocycles. The van der Waals surface area contributed by atoms with E-state index in [9.17, 15) is 9.59 Å². The molecular formula is C20H24N4O3. The van der Waals surface area contributed by atoms with E-state index in [0.717, 1.165) is 39.0 Å². The van der Waals surface area contributed by atoms with Gasteiger partial charge >= 0.3 is 0 Å². The molecule has 0 aliphatic heterocycles. The smallest absolute Gasteiger partial charge is 0.243 e. The van der Waals surface area contributed by atoms with Gasteiger partial charge in [-0.25, -0.2) is 0 Å². The van der Waals surface area contributed by atoms with E-state index >= 15 is 0 Å². The molecule has 142 valence electrons. The minimum atomic E-state index is -0.286. The highest BCUT2D eigenvalue weighted by atomic mass is 16.3. The summed E-state index contributed by atoms with van der Waals surface area (Å²) in [6.45, 7) is 7.63. The average Bonchev–Trinajstić information content (AvgIpc) is 3.13. The number of anilines is 1. The Kier molecular flexibility index (Phi) is 5.03. The van der Waals surface area contributed by atoms with Gasteiger partial charge in [-0.05, 0) is 38.8 Å². The van der Waals surface area contributed by atoms with Crippen molar-refractivity contribution in [1.29, 1.82) is 0 Å². The van der Waals surface area contributed by atoms with E-state index in [1.54, 1.807) is 10.9 Å². The van der Waals surface area contributed by atoms with Gasteiger partial charge in [0.1, 0.15) is 5.58 Å². The Morgan fingerprint density at radius 1 is 1.15 bits per heavy atom. The van der Waals surface area contributed by atoms with Gasteiger partial charge in [-0.2, -0.15) is 5.10 Å².